The molecule has 0 spiro atoms. The predicted octanol–water partition coefficient (Wildman–Crippen LogP) is 4.53. The van der Waals surface area contributed by atoms with Crippen LogP contribution in [-0.4, -0.2) is 18.4 Å². The second-order valence-electron chi connectivity index (χ2n) is 5.97. The standard InChI is InChI=1S/C19H19BrN2O2/c1-13-8-9-16(12-17(13)22-10-3-2-7-18(22)23)21-19(24)14-5-4-6-15(20)11-14/h4-6,8-9,11-12H,2-3,7,10H2,1H3,(H,21,24). The third-order valence-electron chi connectivity index (χ3n) is 4.17. The molecule has 0 aliphatic carbocycles. The predicted molar refractivity (Wildman–Crippen MR) is 99.5 cm³/mol. The van der Waals surface area contributed by atoms with Crippen LogP contribution in [0.15, 0.2) is 46.9 Å². The first-order valence-electron chi connectivity index (χ1n) is 8.02. The first kappa shape index (κ1) is 16.7. The Morgan fingerprint density at radius 3 is 2.75 bits per heavy atom. The van der Waals surface area contributed by atoms with E-state index in [0.717, 1.165) is 35.1 Å². The summed E-state index contributed by atoms with van der Waals surface area (Å²) in [5, 5.41) is 2.91. The molecule has 5 heteroatoms. The Balaban J connectivity index is 1.83. The van der Waals surface area contributed by atoms with Crippen molar-refractivity contribution in [2.75, 3.05) is 16.8 Å². The van der Waals surface area contributed by atoms with Crippen LogP contribution in [-0.2, 0) is 4.79 Å². The molecule has 124 valence electrons. The van der Waals surface area contributed by atoms with Gasteiger partial charge in [0.15, 0.2) is 0 Å². The molecule has 0 atom stereocenters. The molecule has 1 aliphatic heterocycles. The molecular weight excluding hydrogens is 368 g/mol. The molecule has 2 aromatic rings. The summed E-state index contributed by atoms with van der Waals surface area (Å²) in [7, 11) is 0. The second-order valence-corrected chi connectivity index (χ2v) is 6.88. The van der Waals surface area contributed by atoms with Crippen molar-refractivity contribution in [1.82, 2.24) is 0 Å². The summed E-state index contributed by atoms with van der Waals surface area (Å²) >= 11 is 3.37. The quantitative estimate of drug-likeness (QED) is 0.842. The van der Waals surface area contributed by atoms with Crippen LogP contribution in [0.5, 0.6) is 0 Å². The number of piperidine rings is 1. The summed E-state index contributed by atoms with van der Waals surface area (Å²) in [5.74, 6) is -0.0177. The third kappa shape index (κ3) is 3.67. The van der Waals surface area contributed by atoms with Crippen LogP contribution in [0.1, 0.15) is 35.2 Å². The molecule has 0 unspecified atom stereocenters. The van der Waals surface area contributed by atoms with Gasteiger partial charge in [-0.3, -0.25) is 9.59 Å². The minimum atomic E-state index is -0.170. The zero-order chi connectivity index (χ0) is 17.1. The number of aryl methyl sites for hydroxylation is 1. The second kappa shape index (κ2) is 7.18. The Morgan fingerprint density at radius 1 is 1.17 bits per heavy atom. The van der Waals surface area contributed by atoms with Crippen LogP contribution in [0.25, 0.3) is 0 Å². The van der Waals surface area contributed by atoms with Gasteiger partial charge in [-0.2, -0.15) is 0 Å². The number of nitrogens with one attached hydrogen (secondary N) is 1. The highest BCUT2D eigenvalue weighted by Crippen LogP contribution is 2.28. The summed E-state index contributed by atoms with van der Waals surface area (Å²) in [6.45, 7) is 2.72. The Labute approximate surface area is 150 Å². The molecule has 2 amide bonds. The van der Waals surface area contributed by atoms with Crippen LogP contribution in [0, 0.1) is 6.92 Å². The number of amides is 2. The maximum Gasteiger partial charge on any atom is 0.255 e. The lowest BCUT2D eigenvalue weighted by Gasteiger charge is -2.28. The highest BCUT2D eigenvalue weighted by atomic mass is 79.9. The number of anilines is 2. The molecule has 1 heterocycles. The van der Waals surface area contributed by atoms with Gasteiger partial charge in [-0.1, -0.05) is 28.1 Å². The average molecular weight is 387 g/mol. The largest absolute Gasteiger partial charge is 0.322 e. The smallest absolute Gasteiger partial charge is 0.255 e. The summed E-state index contributed by atoms with van der Waals surface area (Å²) in [6.07, 6.45) is 2.56. The molecule has 0 radical (unpaired) electrons. The molecule has 2 aromatic carbocycles. The van der Waals surface area contributed by atoms with E-state index in [0.29, 0.717) is 17.7 Å². The van der Waals surface area contributed by atoms with Crippen molar-refractivity contribution < 1.29 is 9.59 Å². The van der Waals surface area contributed by atoms with E-state index >= 15 is 0 Å². The van der Waals surface area contributed by atoms with E-state index in [1.807, 2.05) is 42.2 Å². The molecule has 4 nitrogen and oxygen atoms in total. The van der Waals surface area contributed by atoms with Crippen LogP contribution in [0.3, 0.4) is 0 Å². The third-order valence-corrected chi connectivity index (χ3v) is 4.66. The molecule has 0 aromatic heterocycles. The number of hydrogen-bond donors (Lipinski definition) is 1. The van der Waals surface area contributed by atoms with Crippen molar-refractivity contribution in [3.05, 3.63) is 58.1 Å². The van der Waals surface area contributed by atoms with Crippen LogP contribution < -0.4 is 10.2 Å². The summed E-state index contributed by atoms with van der Waals surface area (Å²) in [4.78, 5) is 26.4. The number of rotatable bonds is 3. The molecule has 1 aliphatic rings. The van der Waals surface area contributed by atoms with Gasteiger partial charge in [0.2, 0.25) is 5.91 Å². The summed E-state index contributed by atoms with van der Waals surface area (Å²) in [5.41, 5.74) is 3.19. The van der Waals surface area contributed by atoms with Crippen molar-refractivity contribution in [2.24, 2.45) is 0 Å². The van der Waals surface area contributed by atoms with E-state index in [2.05, 4.69) is 21.2 Å². The minimum absolute atomic E-state index is 0.153. The van der Waals surface area contributed by atoms with Gasteiger partial charge in [0.25, 0.3) is 5.91 Å². The lowest BCUT2D eigenvalue weighted by atomic mass is 10.1. The van der Waals surface area contributed by atoms with E-state index in [-0.39, 0.29) is 11.8 Å². The highest BCUT2D eigenvalue weighted by Gasteiger charge is 2.21. The highest BCUT2D eigenvalue weighted by molar-refractivity contribution is 9.10. The molecule has 3 rings (SSSR count). The van der Waals surface area contributed by atoms with Gasteiger partial charge in [0.05, 0.1) is 0 Å². The van der Waals surface area contributed by atoms with Gasteiger partial charge >= 0.3 is 0 Å². The average Bonchev–Trinajstić information content (AvgIpc) is 2.57. The number of benzene rings is 2. The molecule has 1 N–H and O–H groups in total. The van der Waals surface area contributed by atoms with Gasteiger partial charge in [0, 0.05) is 34.4 Å². The summed E-state index contributed by atoms with van der Waals surface area (Å²) < 4.78 is 0.860. The van der Waals surface area contributed by atoms with Crippen LogP contribution in [0.2, 0.25) is 0 Å². The molecular formula is C19H19BrN2O2. The minimum Gasteiger partial charge on any atom is -0.322 e. The zero-order valence-electron chi connectivity index (χ0n) is 13.5. The molecule has 1 fully saturated rings. The first-order valence-corrected chi connectivity index (χ1v) is 8.82. The van der Waals surface area contributed by atoms with E-state index in [1.165, 1.54) is 0 Å². The van der Waals surface area contributed by atoms with E-state index in [1.54, 1.807) is 12.1 Å². The fourth-order valence-corrected chi connectivity index (χ4v) is 3.27. The van der Waals surface area contributed by atoms with Gasteiger partial charge in [0.1, 0.15) is 0 Å². The molecule has 0 bridgehead atoms. The maximum absolute atomic E-state index is 12.4. The Kier molecular flexibility index (Phi) is 5.00. The van der Waals surface area contributed by atoms with Crippen molar-refractivity contribution in [1.29, 1.82) is 0 Å². The fourth-order valence-electron chi connectivity index (χ4n) is 2.87. The van der Waals surface area contributed by atoms with Gasteiger partial charge in [-0.25, -0.2) is 0 Å². The SMILES string of the molecule is Cc1ccc(NC(=O)c2cccc(Br)c2)cc1N1CCCCC1=O. The normalized spacial score (nSPS) is 14.6. The van der Waals surface area contributed by atoms with E-state index < -0.39 is 0 Å². The monoisotopic (exact) mass is 386 g/mol. The van der Waals surface area contributed by atoms with Crippen molar-refractivity contribution in [2.45, 2.75) is 26.2 Å². The van der Waals surface area contributed by atoms with Gasteiger partial charge < -0.3 is 10.2 Å². The Hall–Kier alpha value is -2.14. The lowest BCUT2D eigenvalue weighted by Crippen LogP contribution is -2.35. The Bertz CT molecular complexity index is 789. The molecule has 24 heavy (non-hydrogen) atoms. The van der Waals surface area contributed by atoms with Crippen molar-refractivity contribution in [3.8, 4) is 0 Å². The lowest BCUT2D eigenvalue weighted by molar-refractivity contribution is -0.119. The first-order chi connectivity index (χ1) is 11.5. The zero-order valence-corrected chi connectivity index (χ0v) is 15.1. The van der Waals surface area contributed by atoms with Gasteiger partial charge in [-0.15, -0.1) is 0 Å². The molecule has 1 saturated heterocycles. The molecule has 0 saturated carbocycles. The van der Waals surface area contributed by atoms with Crippen molar-refractivity contribution in [3.63, 3.8) is 0 Å². The van der Waals surface area contributed by atoms with Gasteiger partial charge in [-0.05, 0) is 55.7 Å². The number of carbonyl (C=O) groups is 2. The fraction of sp³-hybridized carbons (Fsp3) is 0.263. The number of nitrogens with zero attached hydrogens (tertiary/aromatic N) is 1. The topological polar surface area (TPSA) is 49.4 Å². The van der Waals surface area contributed by atoms with E-state index in [9.17, 15) is 9.59 Å². The van der Waals surface area contributed by atoms with Crippen LogP contribution in [0.4, 0.5) is 11.4 Å². The summed E-state index contributed by atoms with van der Waals surface area (Å²) in [6, 6.07) is 12.9. The Morgan fingerprint density at radius 2 is 2.00 bits per heavy atom. The number of carbonyl (C=O) groups excluding carboxylic acids is 2. The number of halogens is 1. The maximum atomic E-state index is 12.4. The van der Waals surface area contributed by atoms with Crippen molar-refractivity contribution >= 4 is 39.1 Å². The van der Waals surface area contributed by atoms with E-state index in [4.69, 9.17) is 0 Å². The van der Waals surface area contributed by atoms with Crippen LogP contribution >= 0.6 is 15.9 Å². The number of hydrogen-bond acceptors (Lipinski definition) is 2.